The number of fused-ring (bicyclic) bond motifs is 1. The van der Waals surface area contributed by atoms with Gasteiger partial charge in [-0.25, -0.2) is 9.79 Å². The lowest BCUT2D eigenvalue weighted by Crippen LogP contribution is -2.40. The Morgan fingerprint density at radius 1 is 1.11 bits per heavy atom. The van der Waals surface area contributed by atoms with Crippen molar-refractivity contribution in [2.75, 3.05) is 20.3 Å². The number of nitrogens with zero attached hydrogens (tertiary/aromatic N) is 2. The number of carbonyl (C=O) groups is 1. The van der Waals surface area contributed by atoms with Gasteiger partial charge in [-0.05, 0) is 38.5 Å². The molecule has 4 rings (SSSR count). The Morgan fingerprint density at radius 2 is 1.89 bits per heavy atom. The lowest BCUT2D eigenvalue weighted by Gasteiger charge is -2.26. The predicted molar refractivity (Wildman–Crippen MR) is 141 cm³/mol. The molecule has 0 saturated heterocycles. The number of para-hydroxylation sites is 1. The molecule has 0 N–H and O–H groups in total. The second-order valence-electron chi connectivity index (χ2n) is 7.91. The van der Waals surface area contributed by atoms with Crippen molar-refractivity contribution < 1.29 is 19.0 Å². The van der Waals surface area contributed by atoms with E-state index >= 15 is 0 Å². The van der Waals surface area contributed by atoms with Gasteiger partial charge >= 0.3 is 5.97 Å². The summed E-state index contributed by atoms with van der Waals surface area (Å²) >= 11 is 1.27. The number of esters is 1. The van der Waals surface area contributed by atoms with Crippen molar-refractivity contribution in [2.24, 2.45) is 4.99 Å². The summed E-state index contributed by atoms with van der Waals surface area (Å²) in [5, 5.41) is 0. The molecule has 1 aliphatic rings. The Bertz CT molecular complexity index is 1500. The SMILES string of the molecule is CCOC(=O)C1=C(C)N=c2s/c(=C/C=C/c3ccccc3)c(=O)n2[C@@H]1c1cccc(OC)c1OCC. The smallest absolute Gasteiger partial charge is 0.338 e. The van der Waals surface area contributed by atoms with Crippen LogP contribution in [0.5, 0.6) is 11.5 Å². The number of carbonyl (C=O) groups excluding carboxylic acids is 1. The highest BCUT2D eigenvalue weighted by molar-refractivity contribution is 7.07. The van der Waals surface area contributed by atoms with Gasteiger partial charge < -0.3 is 14.2 Å². The Labute approximate surface area is 213 Å². The fourth-order valence-electron chi connectivity index (χ4n) is 4.12. The maximum Gasteiger partial charge on any atom is 0.338 e. The standard InChI is InChI=1S/C28H28N2O5S/c1-5-34-25-20(15-11-16-21(25)33-4)24-23(27(32)35-6-2)18(3)29-28-30(24)26(31)22(36-28)17-10-14-19-12-8-7-9-13-19/h7-17,24H,5-6H2,1-4H3/b14-10+,22-17+/t24-/m1/s1. The van der Waals surface area contributed by atoms with E-state index in [1.807, 2.05) is 61.5 Å². The van der Waals surface area contributed by atoms with Crippen LogP contribution in [0.4, 0.5) is 0 Å². The number of allylic oxidation sites excluding steroid dienone is 2. The first-order valence-corrected chi connectivity index (χ1v) is 12.5. The third-order valence-corrected chi connectivity index (χ3v) is 6.67. The van der Waals surface area contributed by atoms with E-state index in [0.29, 0.717) is 44.3 Å². The second kappa shape index (κ2) is 11.2. The second-order valence-corrected chi connectivity index (χ2v) is 8.92. The fraction of sp³-hybridized carbons (Fsp3) is 0.250. The number of hydrogen-bond donors (Lipinski definition) is 0. The summed E-state index contributed by atoms with van der Waals surface area (Å²) in [6.45, 7) is 5.96. The summed E-state index contributed by atoms with van der Waals surface area (Å²) in [5.41, 5.74) is 2.20. The van der Waals surface area contributed by atoms with Crippen molar-refractivity contribution in [1.82, 2.24) is 4.57 Å². The van der Waals surface area contributed by atoms with Gasteiger partial charge in [-0.3, -0.25) is 9.36 Å². The molecule has 0 aliphatic carbocycles. The molecule has 2 heterocycles. The molecule has 0 amide bonds. The molecule has 7 nitrogen and oxygen atoms in total. The molecule has 186 valence electrons. The first-order valence-electron chi connectivity index (χ1n) is 11.7. The number of benzene rings is 2. The van der Waals surface area contributed by atoms with Crippen molar-refractivity contribution in [1.29, 1.82) is 0 Å². The van der Waals surface area contributed by atoms with E-state index in [1.165, 1.54) is 11.3 Å². The van der Waals surface area contributed by atoms with Crippen LogP contribution in [-0.2, 0) is 9.53 Å². The third kappa shape index (κ3) is 4.90. The van der Waals surface area contributed by atoms with Crippen molar-refractivity contribution in [3.8, 4) is 11.5 Å². The lowest BCUT2D eigenvalue weighted by atomic mass is 9.94. The minimum absolute atomic E-state index is 0.202. The van der Waals surface area contributed by atoms with Gasteiger partial charge in [0.1, 0.15) is 6.04 Å². The van der Waals surface area contributed by atoms with Crippen LogP contribution in [0.1, 0.15) is 37.9 Å². The molecule has 1 aliphatic heterocycles. The number of aromatic nitrogens is 1. The van der Waals surface area contributed by atoms with E-state index in [-0.39, 0.29) is 12.2 Å². The van der Waals surface area contributed by atoms with Crippen LogP contribution >= 0.6 is 11.3 Å². The first-order chi connectivity index (χ1) is 17.5. The summed E-state index contributed by atoms with van der Waals surface area (Å²) < 4.78 is 18.9. The van der Waals surface area contributed by atoms with Crippen molar-refractivity contribution >= 4 is 29.5 Å². The van der Waals surface area contributed by atoms with E-state index in [1.54, 1.807) is 37.7 Å². The van der Waals surface area contributed by atoms with E-state index in [9.17, 15) is 9.59 Å². The van der Waals surface area contributed by atoms with Gasteiger partial charge in [0.15, 0.2) is 16.3 Å². The molecule has 1 atom stereocenters. The van der Waals surface area contributed by atoms with Crippen LogP contribution in [0, 0.1) is 0 Å². The zero-order valence-corrected chi connectivity index (χ0v) is 21.5. The van der Waals surface area contributed by atoms with Crippen LogP contribution in [-0.4, -0.2) is 30.9 Å². The molecule has 0 saturated carbocycles. The largest absolute Gasteiger partial charge is 0.493 e. The molecule has 0 spiro atoms. The van der Waals surface area contributed by atoms with Gasteiger partial charge in [0.05, 0.1) is 36.1 Å². The highest BCUT2D eigenvalue weighted by atomic mass is 32.1. The molecule has 8 heteroatoms. The van der Waals surface area contributed by atoms with Crippen LogP contribution in [0.2, 0.25) is 0 Å². The van der Waals surface area contributed by atoms with Crippen molar-refractivity contribution in [2.45, 2.75) is 26.8 Å². The minimum atomic E-state index is -0.780. The van der Waals surface area contributed by atoms with E-state index in [0.717, 1.165) is 5.56 Å². The van der Waals surface area contributed by atoms with Crippen LogP contribution in [0.3, 0.4) is 0 Å². The van der Waals surface area contributed by atoms with Crippen LogP contribution in [0.15, 0.2) is 75.7 Å². The lowest BCUT2D eigenvalue weighted by molar-refractivity contribution is -0.139. The quantitative estimate of drug-likeness (QED) is 0.435. The Hall–Kier alpha value is -3.91. The molecule has 3 aromatic rings. The molecule has 0 radical (unpaired) electrons. The van der Waals surface area contributed by atoms with Gasteiger partial charge in [-0.1, -0.05) is 66.0 Å². The van der Waals surface area contributed by atoms with Gasteiger partial charge in [0.25, 0.3) is 5.56 Å². The molecule has 2 aromatic carbocycles. The number of thiazole rings is 1. The van der Waals surface area contributed by atoms with Crippen molar-refractivity contribution in [3.05, 3.63) is 96.7 Å². The molecule has 1 aromatic heterocycles. The molecule has 36 heavy (non-hydrogen) atoms. The summed E-state index contributed by atoms with van der Waals surface area (Å²) in [5.74, 6) is 0.468. The maximum atomic E-state index is 13.7. The van der Waals surface area contributed by atoms with Gasteiger partial charge in [-0.15, -0.1) is 0 Å². The van der Waals surface area contributed by atoms with Crippen LogP contribution < -0.4 is 24.4 Å². The number of rotatable bonds is 8. The van der Waals surface area contributed by atoms with Crippen LogP contribution in [0.25, 0.3) is 12.2 Å². The maximum absolute atomic E-state index is 13.7. The molecule has 0 bridgehead atoms. The first kappa shape index (κ1) is 25.2. The Kier molecular flexibility index (Phi) is 7.85. The summed E-state index contributed by atoms with van der Waals surface area (Å²) in [4.78, 5) is 31.9. The summed E-state index contributed by atoms with van der Waals surface area (Å²) in [7, 11) is 1.56. The average molecular weight is 505 g/mol. The van der Waals surface area contributed by atoms with E-state index in [2.05, 4.69) is 4.99 Å². The highest BCUT2D eigenvalue weighted by Gasteiger charge is 2.35. The number of hydrogen-bond acceptors (Lipinski definition) is 7. The zero-order chi connectivity index (χ0) is 25.7. The third-order valence-electron chi connectivity index (χ3n) is 5.67. The summed E-state index contributed by atoms with van der Waals surface area (Å²) in [6.07, 6.45) is 5.54. The normalized spacial score (nSPS) is 15.6. The minimum Gasteiger partial charge on any atom is -0.493 e. The molecular weight excluding hydrogens is 476 g/mol. The number of ether oxygens (including phenoxy) is 3. The summed E-state index contributed by atoms with van der Waals surface area (Å²) in [6, 6.07) is 14.5. The Morgan fingerprint density at radius 3 is 2.58 bits per heavy atom. The average Bonchev–Trinajstić information content (AvgIpc) is 3.19. The molecular formula is C28H28N2O5S. The van der Waals surface area contributed by atoms with Gasteiger partial charge in [-0.2, -0.15) is 0 Å². The number of methoxy groups -OCH3 is 1. The molecule has 0 fully saturated rings. The highest BCUT2D eigenvalue weighted by Crippen LogP contribution is 2.40. The van der Waals surface area contributed by atoms with E-state index < -0.39 is 12.0 Å². The Balaban J connectivity index is 1.93. The molecule has 0 unspecified atom stereocenters. The van der Waals surface area contributed by atoms with E-state index in [4.69, 9.17) is 14.2 Å². The fourth-order valence-corrected chi connectivity index (χ4v) is 5.12. The monoisotopic (exact) mass is 504 g/mol. The van der Waals surface area contributed by atoms with Crippen molar-refractivity contribution in [3.63, 3.8) is 0 Å². The predicted octanol–water partition coefficient (Wildman–Crippen LogP) is 3.87. The van der Waals surface area contributed by atoms with Gasteiger partial charge in [0, 0.05) is 5.56 Å². The zero-order valence-electron chi connectivity index (χ0n) is 20.7. The topological polar surface area (TPSA) is 79.1 Å². The van der Waals surface area contributed by atoms with Gasteiger partial charge in [0.2, 0.25) is 0 Å².